The summed E-state index contributed by atoms with van der Waals surface area (Å²) in [4.78, 5) is 25.8. The zero-order valence-corrected chi connectivity index (χ0v) is 17.4. The van der Waals surface area contributed by atoms with Gasteiger partial charge in [-0.05, 0) is 11.6 Å². The van der Waals surface area contributed by atoms with Crippen LogP contribution >= 0.6 is 0 Å². The molecule has 4 aromatic rings. The highest BCUT2D eigenvalue weighted by molar-refractivity contribution is 6.01. The van der Waals surface area contributed by atoms with Crippen molar-refractivity contribution in [1.29, 1.82) is 0 Å². The van der Waals surface area contributed by atoms with Crippen molar-refractivity contribution >= 4 is 11.8 Å². The molecule has 0 radical (unpaired) electrons. The van der Waals surface area contributed by atoms with Crippen LogP contribution in [0.3, 0.4) is 0 Å². The summed E-state index contributed by atoms with van der Waals surface area (Å²) in [5, 5.41) is 0. The van der Waals surface area contributed by atoms with E-state index < -0.39 is 12.1 Å². The molecule has 0 aliphatic carbocycles. The van der Waals surface area contributed by atoms with E-state index >= 15 is 0 Å². The Morgan fingerprint density at radius 3 is 1.91 bits per heavy atom. The highest BCUT2D eigenvalue weighted by Gasteiger charge is 2.26. The highest BCUT2D eigenvalue weighted by Crippen LogP contribution is 2.30. The molecule has 0 spiro atoms. The first-order chi connectivity index (χ1) is 15.7. The van der Waals surface area contributed by atoms with E-state index in [4.69, 9.17) is 9.47 Å². The maximum atomic E-state index is 13.1. The third-order valence-electron chi connectivity index (χ3n) is 4.97. The van der Waals surface area contributed by atoms with Crippen molar-refractivity contribution < 1.29 is 19.1 Å². The lowest BCUT2D eigenvalue weighted by molar-refractivity contribution is -0.149. The molecular formula is C28H22O4. The molecule has 0 saturated carbocycles. The van der Waals surface area contributed by atoms with Crippen molar-refractivity contribution in [3.63, 3.8) is 0 Å². The number of ether oxygens (including phenoxy) is 2. The number of esters is 1. The summed E-state index contributed by atoms with van der Waals surface area (Å²) in [6, 6.07) is 35.1. The first-order valence-electron chi connectivity index (χ1n) is 10.3. The van der Waals surface area contributed by atoms with Gasteiger partial charge in [-0.25, -0.2) is 4.79 Å². The lowest BCUT2D eigenvalue weighted by atomic mass is 10.00. The number of carbonyl (C=O) groups excluding carboxylic acids is 2. The van der Waals surface area contributed by atoms with E-state index in [0.717, 1.165) is 11.1 Å². The Labute approximate surface area is 187 Å². The summed E-state index contributed by atoms with van der Waals surface area (Å²) in [6.45, 7) is -0.310. The molecule has 0 aromatic heterocycles. The van der Waals surface area contributed by atoms with Crippen LogP contribution in [-0.4, -0.2) is 18.4 Å². The summed E-state index contributed by atoms with van der Waals surface area (Å²) in [5.74, 6) is -0.331. The number of para-hydroxylation sites is 1. The molecule has 0 aliphatic heterocycles. The van der Waals surface area contributed by atoms with Crippen LogP contribution in [-0.2, 0) is 9.53 Å². The minimum Gasteiger partial charge on any atom is -0.481 e. The van der Waals surface area contributed by atoms with Crippen LogP contribution in [0.2, 0.25) is 0 Å². The van der Waals surface area contributed by atoms with Crippen LogP contribution in [0.1, 0.15) is 22.0 Å². The van der Waals surface area contributed by atoms with E-state index in [0.29, 0.717) is 16.9 Å². The number of rotatable bonds is 8. The second-order valence-corrected chi connectivity index (χ2v) is 7.16. The normalized spacial score (nSPS) is 11.4. The Morgan fingerprint density at radius 1 is 0.656 bits per heavy atom. The van der Waals surface area contributed by atoms with Gasteiger partial charge < -0.3 is 9.47 Å². The molecule has 0 amide bonds. The van der Waals surface area contributed by atoms with Gasteiger partial charge in [-0.1, -0.05) is 109 Å². The largest absolute Gasteiger partial charge is 0.481 e. The Balaban J connectivity index is 1.50. The van der Waals surface area contributed by atoms with Gasteiger partial charge in [0.2, 0.25) is 5.78 Å². The van der Waals surface area contributed by atoms with Crippen molar-refractivity contribution in [1.82, 2.24) is 0 Å². The van der Waals surface area contributed by atoms with Gasteiger partial charge in [0.15, 0.2) is 12.7 Å². The fraction of sp³-hybridized carbons (Fsp3) is 0.0714. The first kappa shape index (κ1) is 21.1. The molecular weight excluding hydrogens is 400 g/mol. The zero-order valence-electron chi connectivity index (χ0n) is 17.4. The number of benzene rings is 4. The second-order valence-electron chi connectivity index (χ2n) is 7.16. The van der Waals surface area contributed by atoms with Gasteiger partial charge in [0.1, 0.15) is 5.75 Å². The Morgan fingerprint density at radius 2 is 1.22 bits per heavy atom. The van der Waals surface area contributed by atoms with Gasteiger partial charge in [0.25, 0.3) is 0 Å². The molecule has 4 aromatic carbocycles. The Bertz CT molecular complexity index is 1170. The predicted octanol–water partition coefficient (Wildman–Crippen LogP) is 5.90. The molecule has 4 nitrogen and oxygen atoms in total. The summed E-state index contributed by atoms with van der Waals surface area (Å²) < 4.78 is 11.4. The van der Waals surface area contributed by atoms with E-state index in [-0.39, 0.29) is 12.4 Å². The summed E-state index contributed by atoms with van der Waals surface area (Å²) in [7, 11) is 0. The molecule has 0 heterocycles. The third-order valence-corrected chi connectivity index (χ3v) is 4.97. The monoisotopic (exact) mass is 422 g/mol. The topological polar surface area (TPSA) is 52.6 Å². The van der Waals surface area contributed by atoms with Crippen LogP contribution in [0.5, 0.6) is 5.75 Å². The average molecular weight is 422 g/mol. The van der Waals surface area contributed by atoms with Gasteiger partial charge in [-0.3, -0.25) is 4.79 Å². The summed E-state index contributed by atoms with van der Waals surface area (Å²) >= 11 is 0. The molecule has 1 unspecified atom stereocenters. The van der Waals surface area contributed by atoms with Crippen LogP contribution in [0.25, 0.3) is 11.1 Å². The van der Waals surface area contributed by atoms with E-state index in [2.05, 4.69) is 0 Å². The van der Waals surface area contributed by atoms with Gasteiger partial charge in [-0.2, -0.15) is 0 Å². The van der Waals surface area contributed by atoms with Crippen LogP contribution in [0.15, 0.2) is 115 Å². The molecule has 1 atom stereocenters. The number of carbonyl (C=O) groups is 2. The van der Waals surface area contributed by atoms with E-state index in [1.54, 1.807) is 54.6 Å². The molecule has 0 fully saturated rings. The van der Waals surface area contributed by atoms with Crippen LogP contribution in [0, 0.1) is 0 Å². The van der Waals surface area contributed by atoms with Crippen molar-refractivity contribution in [2.45, 2.75) is 6.10 Å². The molecule has 0 saturated heterocycles. The van der Waals surface area contributed by atoms with E-state index in [1.165, 1.54) is 0 Å². The lowest BCUT2D eigenvalue weighted by Crippen LogP contribution is -2.23. The number of Topliss-reactive ketones (excluding diaryl/α,β-unsaturated/α-hetero) is 1. The standard InChI is InChI=1S/C28H22O4/c29-26(20-31-25-19-11-10-18-24(25)21-12-4-1-5-13-21)32-28(23-16-8-3-9-17-23)27(30)22-14-6-2-7-15-22/h1-19,28H,20H2. The second kappa shape index (κ2) is 10.2. The quantitative estimate of drug-likeness (QED) is 0.262. The van der Waals surface area contributed by atoms with Crippen molar-refractivity contribution in [3.05, 3.63) is 126 Å². The molecule has 4 heteroatoms. The zero-order chi connectivity index (χ0) is 22.2. The van der Waals surface area contributed by atoms with Crippen molar-refractivity contribution in [2.75, 3.05) is 6.61 Å². The fourth-order valence-corrected chi connectivity index (χ4v) is 3.41. The smallest absolute Gasteiger partial charge is 0.345 e. The van der Waals surface area contributed by atoms with Crippen LogP contribution in [0.4, 0.5) is 0 Å². The highest BCUT2D eigenvalue weighted by atomic mass is 16.6. The van der Waals surface area contributed by atoms with Gasteiger partial charge in [-0.15, -0.1) is 0 Å². The molecule has 0 bridgehead atoms. The average Bonchev–Trinajstić information content (AvgIpc) is 2.87. The number of hydrogen-bond donors (Lipinski definition) is 0. The minimum absolute atomic E-state index is 0.283. The number of hydrogen-bond acceptors (Lipinski definition) is 4. The predicted molar refractivity (Wildman–Crippen MR) is 123 cm³/mol. The Kier molecular flexibility index (Phi) is 6.73. The van der Waals surface area contributed by atoms with Gasteiger partial charge in [0, 0.05) is 16.7 Å². The van der Waals surface area contributed by atoms with E-state index in [1.807, 2.05) is 60.7 Å². The van der Waals surface area contributed by atoms with Crippen LogP contribution < -0.4 is 4.74 Å². The first-order valence-corrected chi connectivity index (χ1v) is 10.3. The molecule has 32 heavy (non-hydrogen) atoms. The maximum Gasteiger partial charge on any atom is 0.345 e. The fourth-order valence-electron chi connectivity index (χ4n) is 3.41. The number of ketones is 1. The maximum absolute atomic E-state index is 13.1. The van der Waals surface area contributed by atoms with Gasteiger partial charge in [0.05, 0.1) is 0 Å². The summed E-state index contributed by atoms with van der Waals surface area (Å²) in [6.07, 6.45) is -1.04. The minimum atomic E-state index is -1.04. The Hall–Kier alpha value is -4.18. The summed E-state index contributed by atoms with van der Waals surface area (Å²) in [5.41, 5.74) is 2.95. The molecule has 0 N–H and O–H groups in total. The van der Waals surface area contributed by atoms with Gasteiger partial charge >= 0.3 is 5.97 Å². The SMILES string of the molecule is O=C(COc1ccccc1-c1ccccc1)OC(C(=O)c1ccccc1)c1ccccc1. The van der Waals surface area contributed by atoms with Crippen molar-refractivity contribution in [2.24, 2.45) is 0 Å². The molecule has 0 aliphatic rings. The third kappa shape index (κ3) is 5.10. The van der Waals surface area contributed by atoms with Crippen molar-refractivity contribution in [3.8, 4) is 16.9 Å². The lowest BCUT2D eigenvalue weighted by Gasteiger charge is -2.18. The molecule has 158 valence electrons. The van der Waals surface area contributed by atoms with E-state index in [9.17, 15) is 9.59 Å². The molecule has 4 rings (SSSR count).